The van der Waals surface area contributed by atoms with Crippen LogP contribution in [0.4, 0.5) is 13.2 Å². The summed E-state index contributed by atoms with van der Waals surface area (Å²) >= 11 is 5.83. The van der Waals surface area contributed by atoms with Gasteiger partial charge < -0.3 is 14.4 Å². The highest BCUT2D eigenvalue weighted by molar-refractivity contribution is 6.33. The van der Waals surface area contributed by atoms with E-state index in [-0.39, 0.29) is 22.1 Å². The number of benzene rings is 1. The van der Waals surface area contributed by atoms with Crippen molar-refractivity contribution in [3.8, 4) is 17.1 Å². The number of halogens is 4. The van der Waals surface area contributed by atoms with Crippen LogP contribution in [0.3, 0.4) is 0 Å². The molecule has 1 heterocycles. The quantitative estimate of drug-likeness (QED) is 0.932. The van der Waals surface area contributed by atoms with Crippen molar-refractivity contribution in [2.24, 2.45) is 0 Å². The summed E-state index contributed by atoms with van der Waals surface area (Å²) in [6.07, 6.45) is -4.59. The fourth-order valence-electron chi connectivity index (χ4n) is 1.64. The van der Waals surface area contributed by atoms with Crippen LogP contribution in [0.2, 0.25) is 5.02 Å². The first kappa shape index (κ1) is 15.2. The first-order valence-electron chi connectivity index (χ1n) is 5.39. The van der Waals surface area contributed by atoms with Crippen LogP contribution in [0.15, 0.2) is 22.7 Å². The lowest BCUT2D eigenvalue weighted by molar-refractivity contribution is -0.137. The number of nitrogens with zero attached hydrogens (tertiary/aromatic N) is 1. The second-order valence-electron chi connectivity index (χ2n) is 3.91. The number of ether oxygens (including phenoxy) is 1. The standard InChI is InChI=1S/C12H7ClF3NO4/c1-20-8-3-5(12(14,15)16)2-6(13)10(8)9-4-7(11(18)19)17-21-9/h2-4H,1H3,(H,18,19). The monoisotopic (exact) mass is 321 g/mol. The van der Waals surface area contributed by atoms with E-state index in [1.165, 1.54) is 0 Å². The maximum absolute atomic E-state index is 12.7. The number of methoxy groups -OCH3 is 1. The molecule has 0 saturated carbocycles. The van der Waals surface area contributed by atoms with E-state index in [2.05, 4.69) is 5.16 Å². The third-order valence-electron chi connectivity index (χ3n) is 2.58. The fourth-order valence-corrected chi connectivity index (χ4v) is 1.94. The third-order valence-corrected chi connectivity index (χ3v) is 2.88. The fraction of sp³-hybridized carbons (Fsp3) is 0.167. The molecule has 2 rings (SSSR count). The van der Waals surface area contributed by atoms with Gasteiger partial charge in [0, 0.05) is 6.07 Å². The van der Waals surface area contributed by atoms with E-state index in [0.29, 0.717) is 6.07 Å². The summed E-state index contributed by atoms with van der Waals surface area (Å²) in [7, 11) is 1.16. The van der Waals surface area contributed by atoms with E-state index >= 15 is 0 Å². The molecule has 0 aliphatic heterocycles. The third kappa shape index (κ3) is 2.94. The summed E-state index contributed by atoms with van der Waals surface area (Å²) in [5, 5.41) is 11.7. The Kier molecular flexibility index (Phi) is 3.82. The molecule has 1 aromatic carbocycles. The van der Waals surface area contributed by atoms with Crippen LogP contribution >= 0.6 is 11.6 Å². The SMILES string of the molecule is COc1cc(C(F)(F)F)cc(Cl)c1-c1cc(C(=O)O)no1. The van der Waals surface area contributed by atoms with Gasteiger partial charge in [0.1, 0.15) is 5.75 Å². The van der Waals surface area contributed by atoms with Crippen molar-refractivity contribution < 1.29 is 32.3 Å². The molecule has 5 nitrogen and oxygen atoms in total. The van der Waals surface area contributed by atoms with Gasteiger partial charge in [0.2, 0.25) is 0 Å². The molecule has 0 spiro atoms. The van der Waals surface area contributed by atoms with Gasteiger partial charge in [-0.25, -0.2) is 4.79 Å². The molecular formula is C12H7ClF3NO4. The molecule has 0 aliphatic carbocycles. The number of hydrogen-bond donors (Lipinski definition) is 1. The number of aromatic carboxylic acids is 1. The minimum Gasteiger partial charge on any atom is -0.496 e. The lowest BCUT2D eigenvalue weighted by atomic mass is 10.1. The molecule has 1 aromatic heterocycles. The zero-order valence-corrected chi connectivity index (χ0v) is 11.1. The van der Waals surface area contributed by atoms with Gasteiger partial charge in [-0.1, -0.05) is 16.8 Å². The Morgan fingerprint density at radius 3 is 2.52 bits per heavy atom. The van der Waals surface area contributed by atoms with Crippen molar-refractivity contribution in [2.45, 2.75) is 6.18 Å². The van der Waals surface area contributed by atoms with Crippen LogP contribution in [-0.2, 0) is 6.18 Å². The average Bonchev–Trinajstić information content (AvgIpc) is 2.85. The Balaban J connectivity index is 2.60. The second kappa shape index (κ2) is 5.28. The second-order valence-corrected chi connectivity index (χ2v) is 4.32. The minimum atomic E-state index is -4.59. The van der Waals surface area contributed by atoms with Crippen molar-refractivity contribution in [1.82, 2.24) is 5.16 Å². The summed E-state index contributed by atoms with van der Waals surface area (Å²) in [4.78, 5) is 10.7. The summed E-state index contributed by atoms with van der Waals surface area (Å²) in [6, 6.07) is 2.48. The smallest absolute Gasteiger partial charge is 0.416 e. The summed E-state index contributed by atoms with van der Waals surface area (Å²) < 4.78 is 47.8. The van der Waals surface area contributed by atoms with Crippen LogP contribution < -0.4 is 4.74 Å². The van der Waals surface area contributed by atoms with Crippen LogP contribution in [-0.4, -0.2) is 23.3 Å². The topological polar surface area (TPSA) is 72.6 Å². The van der Waals surface area contributed by atoms with Gasteiger partial charge in [0.15, 0.2) is 11.5 Å². The molecule has 0 amide bonds. The lowest BCUT2D eigenvalue weighted by Crippen LogP contribution is -2.05. The number of carboxylic acids is 1. The van der Waals surface area contributed by atoms with Gasteiger partial charge in [-0.05, 0) is 12.1 Å². The Labute approximate surface area is 120 Å². The molecule has 0 atom stereocenters. The van der Waals surface area contributed by atoms with Crippen LogP contribution in [0.5, 0.6) is 5.75 Å². The maximum atomic E-state index is 12.7. The van der Waals surface area contributed by atoms with Crippen molar-refractivity contribution >= 4 is 17.6 Å². The van der Waals surface area contributed by atoms with Crippen molar-refractivity contribution in [3.63, 3.8) is 0 Å². The summed E-state index contributed by atoms with van der Waals surface area (Å²) in [5.41, 5.74) is -1.40. The minimum absolute atomic E-state index is 0.00725. The molecule has 0 fully saturated rings. The molecule has 1 N–H and O–H groups in total. The van der Waals surface area contributed by atoms with E-state index in [1.54, 1.807) is 0 Å². The summed E-state index contributed by atoms with van der Waals surface area (Å²) in [6.45, 7) is 0. The number of carbonyl (C=O) groups is 1. The number of rotatable bonds is 3. The molecule has 9 heteroatoms. The normalized spacial score (nSPS) is 11.5. The van der Waals surface area contributed by atoms with Crippen LogP contribution in [0.1, 0.15) is 16.1 Å². The zero-order chi connectivity index (χ0) is 15.8. The lowest BCUT2D eigenvalue weighted by Gasteiger charge is -2.12. The van der Waals surface area contributed by atoms with Crippen molar-refractivity contribution in [2.75, 3.05) is 7.11 Å². The van der Waals surface area contributed by atoms with E-state index in [9.17, 15) is 18.0 Å². The van der Waals surface area contributed by atoms with Crippen LogP contribution in [0.25, 0.3) is 11.3 Å². The van der Waals surface area contributed by atoms with E-state index < -0.39 is 23.4 Å². The molecule has 0 bridgehead atoms. The van der Waals surface area contributed by atoms with Gasteiger partial charge in [-0.15, -0.1) is 0 Å². The number of alkyl halides is 3. The van der Waals surface area contributed by atoms with Gasteiger partial charge in [0.05, 0.1) is 23.3 Å². The Hall–Kier alpha value is -2.22. The predicted molar refractivity (Wildman–Crippen MR) is 65.5 cm³/mol. The largest absolute Gasteiger partial charge is 0.496 e. The van der Waals surface area contributed by atoms with Gasteiger partial charge >= 0.3 is 12.1 Å². The predicted octanol–water partition coefficient (Wildman–Crippen LogP) is 3.72. The maximum Gasteiger partial charge on any atom is 0.416 e. The molecule has 21 heavy (non-hydrogen) atoms. The van der Waals surface area contributed by atoms with E-state index in [1.807, 2.05) is 0 Å². The summed E-state index contributed by atoms with van der Waals surface area (Å²) in [5.74, 6) is -1.65. The molecule has 112 valence electrons. The molecule has 2 aromatic rings. The van der Waals surface area contributed by atoms with E-state index in [0.717, 1.165) is 19.2 Å². The van der Waals surface area contributed by atoms with Crippen molar-refractivity contribution in [3.05, 3.63) is 34.5 Å². The molecule has 0 radical (unpaired) electrons. The zero-order valence-electron chi connectivity index (χ0n) is 10.4. The number of hydrogen-bond acceptors (Lipinski definition) is 4. The highest BCUT2D eigenvalue weighted by atomic mass is 35.5. The molecule has 0 unspecified atom stereocenters. The molecule has 0 saturated heterocycles. The van der Waals surface area contributed by atoms with Gasteiger partial charge in [-0.3, -0.25) is 0 Å². The van der Waals surface area contributed by atoms with Gasteiger partial charge in [0.25, 0.3) is 0 Å². The van der Waals surface area contributed by atoms with Gasteiger partial charge in [-0.2, -0.15) is 13.2 Å². The molecular weight excluding hydrogens is 315 g/mol. The Morgan fingerprint density at radius 2 is 2.05 bits per heavy atom. The first-order chi connectivity index (χ1) is 9.74. The number of carboxylic acid groups (broad SMARTS) is 1. The molecule has 0 aliphatic rings. The average molecular weight is 322 g/mol. The van der Waals surface area contributed by atoms with E-state index in [4.69, 9.17) is 26.0 Å². The number of aromatic nitrogens is 1. The highest BCUT2D eigenvalue weighted by Crippen LogP contribution is 2.42. The Bertz CT molecular complexity index is 696. The van der Waals surface area contributed by atoms with Crippen molar-refractivity contribution in [1.29, 1.82) is 0 Å². The first-order valence-corrected chi connectivity index (χ1v) is 5.77. The van der Waals surface area contributed by atoms with Crippen LogP contribution in [0, 0.1) is 0 Å². The Morgan fingerprint density at radius 1 is 1.38 bits per heavy atom. The highest BCUT2D eigenvalue weighted by Gasteiger charge is 2.33.